The van der Waals surface area contributed by atoms with Gasteiger partial charge in [0.15, 0.2) is 5.82 Å². The van der Waals surface area contributed by atoms with E-state index in [1.54, 1.807) is 0 Å². The number of fused-ring (bicyclic) bond motifs is 2. The molecule has 1 atom stereocenters. The molecule has 4 heteroatoms. The summed E-state index contributed by atoms with van der Waals surface area (Å²) in [5, 5.41) is 8.56. The van der Waals surface area contributed by atoms with Crippen LogP contribution in [0.15, 0.2) is 54.9 Å². The molecule has 3 aromatic rings. The Morgan fingerprint density at radius 2 is 1.80 bits per heavy atom. The van der Waals surface area contributed by atoms with Crippen molar-refractivity contribution in [1.82, 2.24) is 20.1 Å². The van der Waals surface area contributed by atoms with Gasteiger partial charge in [-0.15, -0.1) is 0 Å². The minimum absolute atomic E-state index is 0.403. The zero-order valence-corrected chi connectivity index (χ0v) is 14.2. The van der Waals surface area contributed by atoms with Crippen molar-refractivity contribution < 1.29 is 0 Å². The molecule has 0 bridgehead atoms. The summed E-state index contributed by atoms with van der Waals surface area (Å²) in [7, 11) is 0. The molecule has 2 aliphatic carbocycles. The lowest BCUT2D eigenvalue weighted by molar-refractivity contribution is 0.398. The average molecular weight is 330 g/mol. The van der Waals surface area contributed by atoms with E-state index >= 15 is 0 Å². The second-order valence-corrected chi connectivity index (χ2v) is 7.13. The predicted molar refractivity (Wildman–Crippen MR) is 97.8 cm³/mol. The Labute approximate surface area is 147 Å². The van der Waals surface area contributed by atoms with Gasteiger partial charge < -0.3 is 5.32 Å². The highest BCUT2D eigenvalue weighted by molar-refractivity contribution is 5.35. The minimum Gasteiger partial charge on any atom is -0.306 e. The summed E-state index contributed by atoms with van der Waals surface area (Å²) >= 11 is 0. The monoisotopic (exact) mass is 330 g/mol. The Balaban J connectivity index is 1.39. The standard InChI is InChI=1S/C21H22N4/c1-2-7-16-13-17(12-15(16)6-1)24-19-8-5-9-20-18(19)14-23-25(20)21-10-3-4-11-22-21/h1-4,6-7,10-11,14,17,19,24H,5,8-9,12-13H2. The van der Waals surface area contributed by atoms with E-state index in [9.17, 15) is 0 Å². The summed E-state index contributed by atoms with van der Waals surface area (Å²) in [6, 6.07) is 15.8. The Morgan fingerprint density at radius 3 is 2.56 bits per heavy atom. The number of hydrogen-bond donors (Lipinski definition) is 1. The number of nitrogens with zero attached hydrogens (tertiary/aromatic N) is 3. The summed E-state index contributed by atoms with van der Waals surface area (Å²) in [5.41, 5.74) is 5.67. The van der Waals surface area contributed by atoms with Crippen molar-refractivity contribution in [2.75, 3.05) is 0 Å². The second kappa shape index (κ2) is 6.12. The molecule has 2 aliphatic rings. The molecule has 1 unspecified atom stereocenters. The van der Waals surface area contributed by atoms with Crippen LogP contribution in [0.1, 0.15) is 41.3 Å². The van der Waals surface area contributed by atoms with E-state index in [0.717, 1.165) is 25.1 Å². The van der Waals surface area contributed by atoms with Crippen LogP contribution >= 0.6 is 0 Å². The highest BCUT2D eigenvalue weighted by Crippen LogP contribution is 2.32. The van der Waals surface area contributed by atoms with Gasteiger partial charge in [-0.3, -0.25) is 0 Å². The third-order valence-corrected chi connectivity index (χ3v) is 5.54. The van der Waals surface area contributed by atoms with Crippen LogP contribution < -0.4 is 5.32 Å². The highest BCUT2D eigenvalue weighted by atomic mass is 15.3. The van der Waals surface area contributed by atoms with E-state index in [4.69, 9.17) is 0 Å². The maximum atomic E-state index is 4.65. The van der Waals surface area contributed by atoms with Crippen molar-refractivity contribution in [3.63, 3.8) is 0 Å². The summed E-state index contributed by atoms with van der Waals surface area (Å²) in [6.45, 7) is 0. The van der Waals surface area contributed by atoms with Gasteiger partial charge in [-0.25, -0.2) is 9.67 Å². The Morgan fingerprint density at radius 1 is 1.00 bits per heavy atom. The highest BCUT2D eigenvalue weighted by Gasteiger charge is 2.29. The lowest BCUT2D eigenvalue weighted by Crippen LogP contribution is -2.35. The molecular formula is C21H22N4. The fourth-order valence-corrected chi connectivity index (χ4v) is 4.37. The smallest absolute Gasteiger partial charge is 0.153 e. The molecule has 0 fully saturated rings. The molecule has 1 N–H and O–H groups in total. The summed E-state index contributed by atoms with van der Waals surface area (Å²) in [5.74, 6) is 0.915. The molecule has 0 aliphatic heterocycles. The molecule has 1 aromatic carbocycles. The van der Waals surface area contributed by atoms with E-state index < -0.39 is 0 Å². The van der Waals surface area contributed by atoms with E-state index in [1.165, 1.54) is 35.2 Å². The van der Waals surface area contributed by atoms with Crippen molar-refractivity contribution >= 4 is 0 Å². The first-order valence-electron chi connectivity index (χ1n) is 9.19. The van der Waals surface area contributed by atoms with Crippen LogP contribution in [-0.4, -0.2) is 20.8 Å². The first kappa shape index (κ1) is 14.8. The molecule has 5 rings (SSSR count). The number of nitrogens with one attached hydrogen (secondary N) is 1. The largest absolute Gasteiger partial charge is 0.306 e. The van der Waals surface area contributed by atoms with Crippen molar-refractivity contribution in [2.24, 2.45) is 0 Å². The first-order chi connectivity index (χ1) is 12.4. The lowest BCUT2D eigenvalue weighted by atomic mass is 9.92. The minimum atomic E-state index is 0.403. The number of pyridine rings is 1. The summed E-state index contributed by atoms with van der Waals surface area (Å²) in [4.78, 5) is 4.46. The Bertz CT molecular complexity index is 859. The zero-order valence-electron chi connectivity index (χ0n) is 14.2. The van der Waals surface area contributed by atoms with E-state index in [-0.39, 0.29) is 0 Å². The molecule has 2 heterocycles. The van der Waals surface area contributed by atoms with Crippen LogP contribution in [0.4, 0.5) is 0 Å². The molecule has 0 radical (unpaired) electrons. The van der Waals surface area contributed by atoms with Gasteiger partial charge in [-0.1, -0.05) is 30.3 Å². The molecule has 4 nitrogen and oxygen atoms in total. The second-order valence-electron chi connectivity index (χ2n) is 7.13. The van der Waals surface area contributed by atoms with Gasteiger partial charge in [0.05, 0.1) is 11.9 Å². The summed E-state index contributed by atoms with van der Waals surface area (Å²) in [6.07, 6.45) is 9.61. The number of benzene rings is 1. The topological polar surface area (TPSA) is 42.7 Å². The molecule has 0 amide bonds. The Hall–Kier alpha value is -2.46. The van der Waals surface area contributed by atoms with Crippen LogP contribution in [0.3, 0.4) is 0 Å². The molecule has 0 saturated heterocycles. The zero-order chi connectivity index (χ0) is 16.6. The normalized spacial score (nSPS) is 19.6. The Kier molecular flexibility index (Phi) is 3.63. The molecule has 0 spiro atoms. The van der Waals surface area contributed by atoms with Crippen molar-refractivity contribution in [3.05, 3.63) is 77.2 Å². The molecule has 25 heavy (non-hydrogen) atoms. The number of rotatable bonds is 3. The predicted octanol–water partition coefficient (Wildman–Crippen LogP) is 3.40. The quantitative estimate of drug-likeness (QED) is 0.800. The van der Waals surface area contributed by atoms with Gasteiger partial charge in [-0.05, 0) is 55.4 Å². The van der Waals surface area contributed by atoms with Crippen LogP contribution in [0.5, 0.6) is 0 Å². The van der Waals surface area contributed by atoms with Gasteiger partial charge in [0.2, 0.25) is 0 Å². The molecular weight excluding hydrogens is 308 g/mol. The van der Waals surface area contributed by atoms with E-state index in [2.05, 4.69) is 39.7 Å². The number of hydrogen-bond acceptors (Lipinski definition) is 3. The average Bonchev–Trinajstić information content (AvgIpc) is 3.26. The van der Waals surface area contributed by atoms with Gasteiger partial charge in [0, 0.05) is 23.8 Å². The van der Waals surface area contributed by atoms with Crippen LogP contribution in [0, 0.1) is 0 Å². The van der Waals surface area contributed by atoms with Crippen LogP contribution in [0.25, 0.3) is 5.82 Å². The van der Waals surface area contributed by atoms with Gasteiger partial charge in [0.1, 0.15) is 0 Å². The fraction of sp³-hybridized carbons (Fsp3) is 0.333. The SMILES string of the molecule is c1ccc(-n2ncc3c2CCCC3NC2Cc3ccccc3C2)nc1. The van der Waals surface area contributed by atoms with Crippen LogP contribution in [0.2, 0.25) is 0 Å². The first-order valence-corrected chi connectivity index (χ1v) is 9.19. The van der Waals surface area contributed by atoms with Crippen molar-refractivity contribution in [1.29, 1.82) is 0 Å². The summed E-state index contributed by atoms with van der Waals surface area (Å²) < 4.78 is 2.02. The molecule has 0 saturated carbocycles. The third kappa shape index (κ3) is 2.67. The van der Waals surface area contributed by atoms with E-state index in [1.807, 2.05) is 35.3 Å². The van der Waals surface area contributed by atoms with Crippen molar-refractivity contribution in [2.45, 2.75) is 44.2 Å². The lowest BCUT2D eigenvalue weighted by Gasteiger charge is -2.27. The van der Waals surface area contributed by atoms with E-state index in [0.29, 0.717) is 12.1 Å². The number of aromatic nitrogens is 3. The van der Waals surface area contributed by atoms with Gasteiger partial charge in [-0.2, -0.15) is 5.10 Å². The maximum absolute atomic E-state index is 4.65. The molecule has 2 aromatic heterocycles. The third-order valence-electron chi connectivity index (χ3n) is 5.54. The van der Waals surface area contributed by atoms with Crippen molar-refractivity contribution in [3.8, 4) is 5.82 Å². The van der Waals surface area contributed by atoms with Crippen LogP contribution in [-0.2, 0) is 19.3 Å². The maximum Gasteiger partial charge on any atom is 0.153 e. The van der Waals surface area contributed by atoms with Gasteiger partial charge >= 0.3 is 0 Å². The fourth-order valence-electron chi connectivity index (χ4n) is 4.37. The molecule has 126 valence electrons. The van der Waals surface area contributed by atoms with Gasteiger partial charge in [0.25, 0.3) is 0 Å².